The number of hydrogen-bond donors (Lipinski definition) is 0. The quantitative estimate of drug-likeness (QED) is 0.840. The molecule has 2 aliphatic rings. The second-order valence-electron chi connectivity index (χ2n) is 7.06. The highest BCUT2D eigenvalue weighted by Gasteiger charge is 2.28. The molecule has 1 atom stereocenters. The Labute approximate surface area is 144 Å². The van der Waals surface area contributed by atoms with Gasteiger partial charge in [0.1, 0.15) is 12.4 Å². The van der Waals surface area contributed by atoms with Crippen LogP contribution in [0.25, 0.3) is 6.08 Å². The van der Waals surface area contributed by atoms with Gasteiger partial charge in [0.2, 0.25) is 5.91 Å². The van der Waals surface area contributed by atoms with Gasteiger partial charge in [-0.1, -0.05) is 18.2 Å². The summed E-state index contributed by atoms with van der Waals surface area (Å²) < 4.78 is 5.86. The summed E-state index contributed by atoms with van der Waals surface area (Å²) in [7, 11) is 5.77. The van der Waals surface area contributed by atoms with Gasteiger partial charge < -0.3 is 14.5 Å². The molecule has 24 heavy (non-hydrogen) atoms. The SMILES string of the molecule is CN1CCN(CC2=Cc3ccccc3OC2)C[C@@H](C(=O)N(C)C)C1. The third-order valence-corrected chi connectivity index (χ3v) is 4.72. The lowest BCUT2D eigenvalue weighted by atomic mass is 10.1. The highest BCUT2D eigenvalue weighted by molar-refractivity contribution is 5.78. The average molecular weight is 329 g/mol. The molecule has 3 rings (SSSR count). The van der Waals surface area contributed by atoms with Crippen LogP contribution in [0.2, 0.25) is 0 Å². The summed E-state index contributed by atoms with van der Waals surface area (Å²) in [5.41, 5.74) is 2.42. The van der Waals surface area contributed by atoms with E-state index >= 15 is 0 Å². The van der Waals surface area contributed by atoms with Crippen molar-refractivity contribution in [3.8, 4) is 5.75 Å². The third-order valence-electron chi connectivity index (χ3n) is 4.72. The Kier molecular flexibility index (Phi) is 5.21. The average Bonchev–Trinajstić information content (AvgIpc) is 2.75. The van der Waals surface area contributed by atoms with Gasteiger partial charge in [0.15, 0.2) is 0 Å². The molecular formula is C19H27N3O2. The molecule has 0 unspecified atom stereocenters. The summed E-state index contributed by atoms with van der Waals surface area (Å²) in [6.45, 7) is 5.09. The first-order valence-corrected chi connectivity index (χ1v) is 8.56. The Morgan fingerprint density at radius 3 is 2.83 bits per heavy atom. The standard InChI is InChI=1S/C19H27N3O2/c1-20(2)19(23)17-12-21(3)8-9-22(13-17)11-15-10-16-6-4-5-7-18(16)24-14-15/h4-7,10,17H,8-9,11-14H2,1-3H3/t17-/m0/s1. The zero-order valence-electron chi connectivity index (χ0n) is 14.9. The van der Waals surface area contributed by atoms with Gasteiger partial charge in [-0.25, -0.2) is 0 Å². The van der Waals surface area contributed by atoms with Crippen LogP contribution in [0.4, 0.5) is 0 Å². The lowest BCUT2D eigenvalue weighted by molar-refractivity contribution is -0.133. The third kappa shape index (κ3) is 3.97. The summed E-state index contributed by atoms with van der Waals surface area (Å²) in [5.74, 6) is 1.20. The van der Waals surface area contributed by atoms with Crippen molar-refractivity contribution in [2.75, 3.05) is 60.5 Å². The van der Waals surface area contributed by atoms with E-state index in [-0.39, 0.29) is 11.8 Å². The van der Waals surface area contributed by atoms with Gasteiger partial charge >= 0.3 is 0 Å². The largest absolute Gasteiger partial charge is 0.489 e. The zero-order chi connectivity index (χ0) is 17.1. The normalized spacial score (nSPS) is 22.1. The fraction of sp³-hybridized carbons (Fsp3) is 0.526. The van der Waals surface area contributed by atoms with E-state index in [0.29, 0.717) is 6.61 Å². The van der Waals surface area contributed by atoms with Gasteiger partial charge in [0.25, 0.3) is 0 Å². The minimum atomic E-state index is 0.0323. The van der Waals surface area contributed by atoms with E-state index in [9.17, 15) is 4.79 Å². The maximum absolute atomic E-state index is 12.4. The van der Waals surface area contributed by atoms with Crippen LogP contribution in [0, 0.1) is 5.92 Å². The molecule has 0 bridgehead atoms. The number of rotatable bonds is 3. The highest BCUT2D eigenvalue weighted by Crippen LogP contribution is 2.26. The zero-order valence-corrected chi connectivity index (χ0v) is 14.9. The van der Waals surface area contributed by atoms with Gasteiger partial charge in [-0.15, -0.1) is 0 Å². The lowest BCUT2D eigenvalue weighted by Crippen LogP contribution is -2.40. The first-order chi connectivity index (χ1) is 11.5. The molecule has 0 saturated carbocycles. The second-order valence-corrected chi connectivity index (χ2v) is 7.06. The fourth-order valence-corrected chi connectivity index (χ4v) is 3.45. The van der Waals surface area contributed by atoms with E-state index in [1.807, 2.05) is 32.3 Å². The number of carbonyl (C=O) groups excluding carboxylic acids is 1. The van der Waals surface area contributed by atoms with Crippen LogP contribution < -0.4 is 4.74 Å². The Balaban J connectivity index is 1.70. The van der Waals surface area contributed by atoms with Gasteiger partial charge in [0, 0.05) is 52.4 Å². The van der Waals surface area contributed by atoms with Crippen molar-refractivity contribution in [2.24, 2.45) is 5.92 Å². The molecule has 5 nitrogen and oxygen atoms in total. The van der Waals surface area contributed by atoms with Crippen LogP contribution in [-0.2, 0) is 4.79 Å². The molecule has 5 heteroatoms. The van der Waals surface area contributed by atoms with Crippen molar-refractivity contribution in [2.45, 2.75) is 0 Å². The summed E-state index contributed by atoms with van der Waals surface area (Å²) in [6.07, 6.45) is 2.23. The van der Waals surface area contributed by atoms with Crippen molar-refractivity contribution in [1.29, 1.82) is 0 Å². The number of benzene rings is 1. The van der Waals surface area contributed by atoms with Gasteiger partial charge in [-0.2, -0.15) is 0 Å². The molecule has 0 aromatic heterocycles. The van der Waals surface area contributed by atoms with Crippen molar-refractivity contribution in [3.05, 3.63) is 35.4 Å². The lowest BCUT2D eigenvalue weighted by Gasteiger charge is -2.27. The Bertz CT molecular complexity index is 627. The molecule has 0 spiro atoms. The minimum absolute atomic E-state index is 0.0323. The molecule has 2 heterocycles. The van der Waals surface area contributed by atoms with E-state index < -0.39 is 0 Å². The van der Waals surface area contributed by atoms with Gasteiger partial charge in [-0.3, -0.25) is 9.69 Å². The molecule has 130 valence electrons. The number of hydrogen-bond acceptors (Lipinski definition) is 4. The van der Waals surface area contributed by atoms with Crippen molar-refractivity contribution < 1.29 is 9.53 Å². The Hall–Kier alpha value is -1.85. The number of fused-ring (bicyclic) bond motifs is 1. The van der Waals surface area contributed by atoms with Crippen molar-refractivity contribution >= 4 is 12.0 Å². The monoisotopic (exact) mass is 329 g/mol. The van der Waals surface area contributed by atoms with Gasteiger partial charge in [0.05, 0.1) is 5.92 Å². The van der Waals surface area contributed by atoms with E-state index in [1.165, 1.54) is 5.57 Å². The summed E-state index contributed by atoms with van der Waals surface area (Å²) in [4.78, 5) is 18.8. The number of carbonyl (C=O) groups is 1. The van der Waals surface area contributed by atoms with Crippen LogP contribution in [-0.4, -0.2) is 81.1 Å². The fourth-order valence-electron chi connectivity index (χ4n) is 3.45. The van der Waals surface area contributed by atoms with Crippen molar-refractivity contribution in [1.82, 2.24) is 14.7 Å². The molecule has 0 aliphatic carbocycles. The molecule has 0 N–H and O–H groups in total. The maximum atomic E-state index is 12.4. The second kappa shape index (κ2) is 7.36. The molecule has 1 saturated heterocycles. The van der Waals surface area contributed by atoms with E-state index in [2.05, 4.69) is 29.0 Å². The number of likely N-dealkylation sites (N-methyl/N-ethyl adjacent to an activating group) is 1. The predicted molar refractivity (Wildman–Crippen MR) is 96.0 cm³/mol. The van der Waals surface area contributed by atoms with Crippen molar-refractivity contribution in [3.63, 3.8) is 0 Å². The molecule has 0 radical (unpaired) electrons. The van der Waals surface area contributed by atoms with Crippen LogP contribution in [0.5, 0.6) is 5.75 Å². The van der Waals surface area contributed by atoms with Crippen LogP contribution in [0.1, 0.15) is 5.56 Å². The molecule has 2 aliphatic heterocycles. The van der Waals surface area contributed by atoms with Gasteiger partial charge in [-0.05, 0) is 24.8 Å². The van der Waals surface area contributed by atoms with E-state index in [4.69, 9.17) is 4.74 Å². The van der Waals surface area contributed by atoms with Crippen LogP contribution >= 0.6 is 0 Å². The minimum Gasteiger partial charge on any atom is -0.489 e. The molecular weight excluding hydrogens is 302 g/mol. The molecule has 1 fully saturated rings. The summed E-state index contributed by atoms with van der Waals surface area (Å²) >= 11 is 0. The smallest absolute Gasteiger partial charge is 0.227 e. The first kappa shape index (κ1) is 17.0. The highest BCUT2D eigenvalue weighted by atomic mass is 16.5. The van der Waals surface area contributed by atoms with Crippen LogP contribution in [0.15, 0.2) is 29.8 Å². The summed E-state index contributed by atoms with van der Waals surface area (Å²) in [5, 5.41) is 0. The Morgan fingerprint density at radius 1 is 1.25 bits per heavy atom. The summed E-state index contributed by atoms with van der Waals surface area (Å²) in [6, 6.07) is 8.13. The molecule has 1 amide bonds. The maximum Gasteiger partial charge on any atom is 0.227 e. The predicted octanol–water partition coefficient (Wildman–Crippen LogP) is 1.41. The Morgan fingerprint density at radius 2 is 2.04 bits per heavy atom. The van der Waals surface area contributed by atoms with E-state index in [0.717, 1.165) is 44.0 Å². The van der Waals surface area contributed by atoms with Crippen LogP contribution in [0.3, 0.4) is 0 Å². The number of ether oxygens (including phenoxy) is 1. The number of nitrogens with zero attached hydrogens (tertiary/aromatic N) is 3. The van der Waals surface area contributed by atoms with E-state index in [1.54, 1.807) is 4.90 Å². The number of para-hydroxylation sites is 1. The number of amides is 1. The first-order valence-electron chi connectivity index (χ1n) is 8.56. The molecule has 1 aromatic carbocycles. The topological polar surface area (TPSA) is 36.0 Å². The molecule has 1 aromatic rings.